The van der Waals surface area contributed by atoms with Crippen LogP contribution >= 0.6 is 23.2 Å². The predicted molar refractivity (Wildman–Crippen MR) is 150 cm³/mol. The Morgan fingerprint density at radius 1 is 1.03 bits per heavy atom. The molecule has 0 spiro atoms. The van der Waals surface area contributed by atoms with Gasteiger partial charge in [0, 0.05) is 36.3 Å². The number of fused-ring (bicyclic) bond motifs is 3. The van der Waals surface area contributed by atoms with Crippen LogP contribution in [0.3, 0.4) is 0 Å². The van der Waals surface area contributed by atoms with E-state index < -0.39 is 5.56 Å². The quantitative estimate of drug-likeness (QED) is 0.383. The van der Waals surface area contributed by atoms with E-state index in [1.165, 1.54) is 10.8 Å². The fourth-order valence-electron chi connectivity index (χ4n) is 4.17. The number of amides is 1. The third kappa shape index (κ3) is 8.19. The average molecular weight is 559 g/mol. The molecular formula is C27H32Cl2N6O3. The van der Waals surface area contributed by atoms with Gasteiger partial charge in [-0.05, 0) is 49.7 Å². The predicted octanol–water partition coefficient (Wildman–Crippen LogP) is 2.85. The van der Waals surface area contributed by atoms with Crippen LogP contribution in [0.5, 0.6) is 5.75 Å². The van der Waals surface area contributed by atoms with Crippen LogP contribution in [0.4, 0.5) is 5.82 Å². The zero-order valence-electron chi connectivity index (χ0n) is 21.0. The molecule has 2 heterocycles. The summed E-state index contributed by atoms with van der Waals surface area (Å²) < 4.78 is 7.13. The lowest BCUT2D eigenvalue weighted by molar-refractivity contribution is -0.121. The smallest absolute Gasteiger partial charge is 0.294 e. The Morgan fingerprint density at radius 2 is 1.84 bits per heavy atom. The molecule has 4 rings (SSSR count). The summed E-state index contributed by atoms with van der Waals surface area (Å²) in [6.45, 7) is 3.37. The Bertz CT molecular complexity index is 1270. The maximum absolute atomic E-state index is 13.3. The Kier molecular flexibility index (Phi) is 10.4. The van der Waals surface area contributed by atoms with Crippen LogP contribution in [0.15, 0.2) is 59.5 Å². The number of nitrogens with one attached hydrogen (secondary N) is 4. The summed E-state index contributed by atoms with van der Waals surface area (Å²) >= 11 is 12.5. The van der Waals surface area contributed by atoms with E-state index in [0.29, 0.717) is 36.9 Å². The second-order valence-corrected chi connectivity index (χ2v) is 9.86. The van der Waals surface area contributed by atoms with Crippen molar-refractivity contribution in [1.29, 1.82) is 0 Å². The van der Waals surface area contributed by atoms with E-state index in [-0.39, 0.29) is 36.0 Å². The summed E-state index contributed by atoms with van der Waals surface area (Å²) in [5.74, 6) is 0.407. The highest BCUT2D eigenvalue weighted by Crippen LogP contribution is 2.23. The molecule has 0 saturated heterocycles. The molecule has 4 N–H and O–H groups in total. The standard InChI is InChI=1S/C27H32Cl2N6O3/c28-21-7-8-23-20(14-21)15-32-25(36)18-35-24(29)17-33-26(27(35)37)34-22(13-19-5-2-1-3-6-19)16-31-10-4-9-30-11-12-38-23/h1-3,5-8,14,17,22,30-31H,4,9-13,15-16,18H2,(H,32,36)(H,33,34)/t22-/m0/s1. The molecule has 11 heteroatoms. The number of carbonyl (C=O) groups is 1. The van der Waals surface area contributed by atoms with E-state index in [1.54, 1.807) is 18.2 Å². The van der Waals surface area contributed by atoms with Crippen molar-refractivity contribution in [3.8, 4) is 5.75 Å². The average Bonchev–Trinajstić information content (AvgIpc) is 2.91. The molecule has 1 atom stereocenters. The number of ether oxygens (including phenoxy) is 1. The molecule has 1 aliphatic rings. The lowest BCUT2D eigenvalue weighted by Crippen LogP contribution is -2.39. The molecule has 0 fully saturated rings. The molecule has 1 aromatic heterocycles. The molecule has 2 aromatic carbocycles. The van der Waals surface area contributed by atoms with E-state index in [4.69, 9.17) is 27.9 Å². The van der Waals surface area contributed by atoms with Crippen LogP contribution in [0.25, 0.3) is 0 Å². The van der Waals surface area contributed by atoms with E-state index in [2.05, 4.69) is 26.3 Å². The first kappa shape index (κ1) is 27.9. The number of anilines is 1. The van der Waals surface area contributed by atoms with E-state index in [1.807, 2.05) is 30.3 Å². The first-order valence-corrected chi connectivity index (χ1v) is 13.4. The van der Waals surface area contributed by atoms with Gasteiger partial charge in [0.1, 0.15) is 24.1 Å². The topological polar surface area (TPSA) is 109 Å². The number of carbonyl (C=O) groups excluding carboxylic acids is 1. The Morgan fingerprint density at radius 3 is 2.68 bits per heavy atom. The van der Waals surface area contributed by atoms with Crippen LogP contribution in [0, 0.1) is 0 Å². The van der Waals surface area contributed by atoms with Crippen molar-refractivity contribution in [2.75, 3.05) is 38.1 Å². The van der Waals surface area contributed by atoms with Gasteiger partial charge in [-0.1, -0.05) is 53.5 Å². The van der Waals surface area contributed by atoms with Crippen molar-refractivity contribution in [1.82, 2.24) is 25.5 Å². The van der Waals surface area contributed by atoms with Crippen LogP contribution in [-0.4, -0.2) is 54.3 Å². The minimum absolute atomic E-state index is 0.0786. The number of benzene rings is 2. The number of hydrogen-bond donors (Lipinski definition) is 4. The highest BCUT2D eigenvalue weighted by molar-refractivity contribution is 6.30. The van der Waals surface area contributed by atoms with Gasteiger partial charge in [-0.3, -0.25) is 14.2 Å². The van der Waals surface area contributed by atoms with Gasteiger partial charge in [-0.25, -0.2) is 4.98 Å². The Labute approximate surface area is 231 Å². The van der Waals surface area contributed by atoms with Gasteiger partial charge in [-0.2, -0.15) is 0 Å². The fourth-order valence-corrected chi connectivity index (χ4v) is 4.55. The first-order valence-electron chi connectivity index (χ1n) is 12.6. The molecule has 0 unspecified atom stereocenters. The lowest BCUT2D eigenvalue weighted by Gasteiger charge is -2.21. The molecule has 202 valence electrons. The van der Waals surface area contributed by atoms with Crippen molar-refractivity contribution in [3.63, 3.8) is 0 Å². The summed E-state index contributed by atoms with van der Waals surface area (Å²) in [5.41, 5.74) is 1.41. The molecule has 1 amide bonds. The number of nitrogens with zero attached hydrogens (tertiary/aromatic N) is 2. The number of rotatable bonds is 2. The number of hydrogen-bond acceptors (Lipinski definition) is 7. The largest absolute Gasteiger partial charge is 0.492 e. The third-order valence-electron chi connectivity index (χ3n) is 6.11. The molecule has 2 bridgehead atoms. The molecule has 1 aliphatic heterocycles. The molecular weight excluding hydrogens is 527 g/mol. The lowest BCUT2D eigenvalue weighted by atomic mass is 10.1. The van der Waals surface area contributed by atoms with Crippen LogP contribution in [-0.2, 0) is 24.3 Å². The van der Waals surface area contributed by atoms with E-state index >= 15 is 0 Å². The summed E-state index contributed by atoms with van der Waals surface area (Å²) in [4.78, 5) is 30.3. The molecule has 0 radical (unpaired) electrons. The van der Waals surface area contributed by atoms with E-state index in [0.717, 1.165) is 30.6 Å². The van der Waals surface area contributed by atoms with Crippen LogP contribution in [0.1, 0.15) is 17.5 Å². The van der Waals surface area contributed by atoms with Gasteiger partial charge in [0.05, 0.1) is 6.20 Å². The second kappa shape index (κ2) is 14.2. The van der Waals surface area contributed by atoms with Gasteiger partial charge in [0.25, 0.3) is 5.56 Å². The van der Waals surface area contributed by atoms with Crippen molar-refractivity contribution in [2.45, 2.75) is 32.0 Å². The third-order valence-corrected chi connectivity index (χ3v) is 6.64. The molecule has 9 nitrogen and oxygen atoms in total. The van der Waals surface area contributed by atoms with Gasteiger partial charge in [-0.15, -0.1) is 0 Å². The first-order chi connectivity index (χ1) is 18.5. The summed E-state index contributed by atoms with van der Waals surface area (Å²) in [6.07, 6.45) is 3.00. The normalized spacial score (nSPS) is 17.8. The van der Waals surface area contributed by atoms with Crippen LogP contribution in [0.2, 0.25) is 10.2 Å². The fraction of sp³-hybridized carbons (Fsp3) is 0.370. The van der Waals surface area contributed by atoms with Crippen molar-refractivity contribution in [3.05, 3.63) is 86.4 Å². The minimum Gasteiger partial charge on any atom is -0.492 e. The highest BCUT2D eigenvalue weighted by atomic mass is 35.5. The van der Waals surface area contributed by atoms with E-state index in [9.17, 15) is 9.59 Å². The SMILES string of the molecule is O=C1Cn2c(Cl)cnc(c2=O)N[C@@H](Cc2ccccc2)CNCCCNCCOc2ccc(Cl)cc2CN1. The molecule has 0 saturated carbocycles. The minimum atomic E-state index is -0.462. The molecule has 38 heavy (non-hydrogen) atoms. The van der Waals surface area contributed by atoms with Crippen LogP contribution < -0.4 is 31.6 Å². The summed E-state index contributed by atoms with van der Waals surface area (Å²) in [6, 6.07) is 15.2. The monoisotopic (exact) mass is 558 g/mol. The highest BCUT2D eigenvalue weighted by Gasteiger charge is 2.17. The second-order valence-electron chi connectivity index (χ2n) is 9.04. The zero-order valence-corrected chi connectivity index (χ0v) is 22.5. The van der Waals surface area contributed by atoms with Gasteiger partial charge in [0.15, 0.2) is 5.82 Å². The number of halogens is 2. The van der Waals surface area contributed by atoms with Gasteiger partial charge >= 0.3 is 0 Å². The maximum atomic E-state index is 13.3. The molecule has 0 aliphatic carbocycles. The summed E-state index contributed by atoms with van der Waals surface area (Å²) in [5, 5.41) is 13.6. The van der Waals surface area contributed by atoms with Gasteiger partial charge < -0.3 is 26.0 Å². The Hall–Kier alpha value is -3.11. The Balaban J connectivity index is 1.55. The summed E-state index contributed by atoms with van der Waals surface area (Å²) in [7, 11) is 0. The molecule has 3 aromatic rings. The number of aromatic nitrogens is 2. The van der Waals surface area contributed by atoms with Crippen molar-refractivity contribution in [2.24, 2.45) is 0 Å². The maximum Gasteiger partial charge on any atom is 0.294 e. The zero-order chi connectivity index (χ0) is 26.7. The van der Waals surface area contributed by atoms with Crippen molar-refractivity contribution >= 4 is 34.9 Å². The van der Waals surface area contributed by atoms with Gasteiger partial charge in [0.2, 0.25) is 5.91 Å². The van der Waals surface area contributed by atoms with Crippen molar-refractivity contribution < 1.29 is 9.53 Å².